The zero-order chi connectivity index (χ0) is 16.9. The van der Waals surface area contributed by atoms with Crippen LogP contribution in [0.2, 0.25) is 0 Å². The lowest BCUT2D eigenvalue weighted by Crippen LogP contribution is -2.05. The molecule has 0 fully saturated rings. The van der Waals surface area contributed by atoms with E-state index in [-0.39, 0.29) is 5.97 Å². The molecule has 1 aromatic rings. The number of ether oxygens (including phenoxy) is 2. The minimum atomic E-state index is -0.468. The van der Waals surface area contributed by atoms with Crippen LogP contribution < -0.4 is 10.5 Å². The number of unbranched alkanes of at least 4 members (excludes halogenated alkanes) is 3. The Hall–Kier alpha value is -2.56. The molecule has 0 atom stereocenters. The maximum Gasteiger partial charge on any atom is 0.330 e. The van der Waals surface area contributed by atoms with E-state index in [1.807, 2.05) is 24.3 Å². The van der Waals surface area contributed by atoms with E-state index in [4.69, 9.17) is 15.2 Å². The summed E-state index contributed by atoms with van der Waals surface area (Å²) in [6, 6.07) is 7.44. The SMILES string of the molecule is C=CC(=O)OCCCCCCOc1ccc(/C=C/C(N)=O)cc1. The van der Waals surface area contributed by atoms with Crippen LogP contribution in [0.15, 0.2) is 43.0 Å². The van der Waals surface area contributed by atoms with E-state index in [1.54, 1.807) is 6.08 Å². The number of esters is 1. The fourth-order valence-electron chi connectivity index (χ4n) is 1.83. The third-order valence-electron chi connectivity index (χ3n) is 3.04. The van der Waals surface area contributed by atoms with Gasteiger partial charge in [0.05, 0.1) is 13.2 Å². The summed E-state index contributed by atoms with van der Waals surface area (Å²) in [6.45, 7) is 4.42. The standard InChI is InChI=1S/C18H23NO4/c1-2-18(21)23-14-6-4-3-5-13-22-16-10-7-15(8-11-16)9-12-17(19)20/h2,7-12H,1,3-6,13-14H2,(H2,19,20)/b12-9+. The van der Waals surface area contributed by atoms with Crippen LogP contribution >= 0.6 is 0 Å². The van der Waals surface area contributed by atoms with Crippen LogP contribution in [0, 0.1) is 0 Å². The number of primary amides is 1. The summed E-state index contributed by atoms with van der Waals surface area (Å²) in [6.07, 6.45) is 7.95. The zero-order valence-electron chi connectivity index (χ0n) is 13.2. The summed E-state index contributed by atoms with van der Waals surface area (Å²) in [5.41, 5.74) is 5.93. The predicted octanol–water partition coefficient (Wildman–Crippen LogP) is 2.85. The first-order chi connectivity index (χ1) is 11.1. The molecule has 0 unspecified atom stereocenters. The Bertz CT molecular complexity index is 534. The zero-order valence-corrected chi connectivity index (χ0v) is 13.2. The van der Waals surface area contributed by atoms with E-state index >= 15 is 0 Å². The molecule has 23 heavy (non-hydrogen) atoms. The smallest absolute Gasteiger partial charge is 0.330 e. The van der Waals surface area contributed by atoms with Crippen molar-refractivity contribution in [2.75, 3.05) is 13.2 Å². The molecule has 0 saturated heterocycles. The Morgan fingerprint density at radius 3 is 2.30 bits per heavy atom. The highest BCUT2D eigenvalue weighted by Gasteiger charge is 1.97. The minimum Gasteiger partial charge on any atom is -0.494 e. The van der Waals surface area contributed by atoms with Gasteiger partial charge in [-0.05, 0) is 49.5 Å². The van der Waals surface area contributed by atoms with E-state index in [0.717, 1.165) is 37.0 Å². The van der Waals surface area contributed by atoms with E-state index in [0.29, 0.717) is 13.2 Å². The monoisotopic (exact) mass is 317 g/mol. The Balaban J connectivity index is 2.10. The fourth-order valence-corrected chi connectivity index (χ4v) is 1.83. The van der Waals surface area contributed by atoms with Gasteiger partial charge in [0.1, 0.15) is 5.75 Å². The molecule has 0 bridgehead atoms. The number of nitrogens with two attached hydrogens (primary N) is 1. The molecule has 0 aliphatic carbocycles. The largest absolute Gasteiger partial charge is 0.494 e. The molecular formula is C18H23NO4. The Kier molecular flexibility index (Phi) is 8.90. The van der Waals surface area contributed by atoms with Crippen molar-refractivity contribution in [3.8, 4) is 5.75 Å². The second kappa shape index (κ2) is 11.1. The predicted molar refractivity (Wildman–Crippen MR) is 89.8 cm³/mol. The molecule has 0 heterocycles. The summed E-state index contributed by atoms with van der Waals surface area (Å²) >= 11 is 0. The molecule has 1 amide bonds. The molecular weight excluding hydrogens is 294 g/mol. The Labute approximate surface area is 136 Å². The molecule has 0 saturated carbocycles. The van der Waals surface area contributed by atoms with E-state index < -0.39 is 5.91 Å². The molecule has 0 aliphatic heterocycles. The van der Waals surface area contributed by atoms with E-state index in [2.05, 4.69) is 6.58 Å². The second-order valence-corrected chi connectivity index (χ2v) is 4.94. The lowest BCUT2D eigenvalue weighted by Gasteiger charge is -2.06. The van der Waals surface area contributed by atoms with Crippen molar-refractivity contribution >= 4 is 18.0 Å². The molecule has 0 aromatic heterocycles. The average Bonchev–Trinajstić information content (AvgIpc) is 2.56. The summed E-state index contributed by atoms with van der Waals surface area (Å²) in [5.74, 6) is -0.0480. The number of hydrogen-bond acceptors (Lipinski definition) is 4. The Morgan fingerprint density at radius 1 is 1.04 bits per heavy atom. The second-order valence-electron chi connectivity index (χ2n) is 4.94. The van der Waals surface area contributed by atoms with Crippen LogP contribution in [0.1, 0.15) is 31.2 Å². The van der Waals surface area contributed by atoms with Gasteiger partial charge in [0.25, 0.3) is 0 Å². The topological polar surface area (TPSA) is 78.6 Å². The lowest BCUT2D eigenvalue weighted by atomic mass is 10.2. The van der Waals surface area contributed by atoms with E-state index in [9.17, 15) is 9.59 Å². The third kappa shape index (κ3) is 9.14. The molecule has 5 nitrogen and oxygen atoms in total. The first kappa shape index (κ1) is 18.5. The summed E-state index contributed by atoms with van der Waals surface area (Å²) < 4.78 is 10.5. The van der Waals surface area contributed by atoms with Crippen molar-refractivity contribution in [2.45, 2.75) is 25.7 Å². The molecule has 0 spiro atoms. The summed E-state index contributed by atoms with van der Waals surface area (Å²) in [5, 5.41) is 0. The van der Waals surface area contributed by atoms with Crippen LogP contribution in [0.3, 0.4) is 0 Å². The number of carbonyl (C=O) groups is 2. The van der Waals surface area contributed by atoms with Crippen molar-refractivity contribution in [1.82, 2.24) is 0 Å². The van der Waals surface area contributed by atoms with Gasteiger partial charge in [-0.25, -0.2) is 4.79 Å². The van der Waals surface area contributed by atoms with Crippen LogP contribution in [0.25, 0.3) is 6.08 Å². The first-order valence-corrected chi connectivity index (χ1v) is 7.61. The Morgan fingerprint density at radius 2 is 1.70 bits per heavy atom. The number of carbonyl (C=O) groups excluding carboxylic acids is 2. The number of rotatable bonds is 11. The van der Waals surface area contributed by atoms with Crippen molar-refractivity contribution in [2.24, 2.45) is 5.73 Å². The summed E-state index contributed by atoms with van der Waals surface area (Å²) in [7, 11) is 0. The molecule has 1 aromatic carbocycles. The maximum absolute atomic E-state index is 10.8. The van der Waals surface area contributed by atoms with Gasteiger partial charge in [-0.1, -0.05) is 18.7 Å². The third-order valence-corrected chi connectivity index (χ3v) is 3.04. The minimum absolute atomic E-state index is 0.373. The van der Waals surface area contributed by atoms with Crippen molar-refractivity contribution in [3.63, 3.8) is 0 Å². The first-order valence-electron chi connectivity index (χ1n) is 7.61. The summed E-state index contributed by atoms with van der Waals surface area (Å²) in [4.78, 5) is 21.5. The normalized spacial score (nSPS) is 10.4. The molecule has 124 valence electrons. The average molecular weight is 317 g/mol. The molecule has 2 N–H and O–H groups in total. The highest BCUT2D eigenvalue weighted by Crippen LogP contribution is 2.14. The van der Waals surface area contributed by atoms with E-state index in [1.165, 1.54) is 12.2 Å². The van der Waals surface area contributed by atoms with Gasteiger partial charge in [-0.15, -0.1) is 0 Å². The van der Waals surface area contributed by atoms with Gasteiger partial charge >= 0.3 is 5.97 Å². The van der Waals surface area contributed by atoms with Crippen LogP contribution in [-0.4, -0.2) is 25.1 Å². The highest BCUT2D eigenvalue weighted by atomic mass is 16.5. The number of benzene rings is 1. The van der Waals surface area contributed by atoms with Gasteiger partial charge in [-0.2, -0.15) is 0 Å². The van der Waals surface area contributed by atoms with Gasteiger partial charge in [0.2, 0.25) is 5.91 Å². The molecule has 0 radical (unpaired) electrons. The van der Waals surface area contributed by atoms with Gasteiger partial charge < -0.3 is 15.2 Å². The number of amides is 1. The van der Waals surface area contributed by atoms with Gasteiger partial charge in [0.15, 0.2) is 0 Å². The maximum atomic E-state index is 10.8. The van der Waals surface area contributed by atoms with Crippen molar-refractivity contribution in [1.29, 1.82) is 0 Å². The molecule has 1 rings (SSSR count). The van der Waals surface area contributed by atoms with Gasteiger partial charge in [0, 0.05) is 12.2 Å². The quantitative estimate of drug-likeness (QED) is 0.387. The highest BCUT2D eigenvalue weighted by molar-refractivity contribution is 5.90. The van der Waals surface area contributed by atoms with Crippen molar-refractivity contribution in [3.05, 3.63) is 48.6 Å². The van der Waals surface area contributed by atoms with Crippen LogP contribution in [-0.2, 0) is 14.3 Å². The number of hydrogen-bond donors (Lipinski definition) is 1. The fraction of sp³-hybridized carbons (Fsp3) is 0.333. The van der Waals surface area contributed by atoms with Crippen LogP contribution in [0.4, 0.5) is 0 Å². The van der Waals surface area contributed by atoms with Crippen molar-refractivity contribution < 1.29 is 19.1 Å². The molecule has 0 aliphatic rings. The van der Waals surface area contributed by atoms with Crippen LogP contribution in [0.5, 0.6) is 5.75 Å². The lowest BCUT2D eigenvalue weighted by molar-refractivity contribution is -0.137. The molecule has 5 heteroatoms. The van der Waals surface area contributed by atoms with Gasteiger partial charge in [-0.3, -0.25) is 4.79 Å².